The molecule has 1 aliphatic heterocycles. The van der Waals surface area contributed by atoms with Crippen LogP contribution in [0.25, 0.3) is 21.9 Å². The summed E-state index contributed by atoms with van der Waals surface area (Å²) < 4.78 is 40.4. The Hall–Kier alpha value is -2.39. The number of halogens is 4. The van der Waals surface area contributed by atoms with Crippen LogP contribution in [-0.2, 0) is 6.54 Å². The van der Waals surface area contributed by atoms with E-state index in [1.165, 1.54) is 18.5 Å². The monoisotopic (exact) mass is 425 g/mol. The molecule has 6 nitrogen and oxygen atoms in total. The van der Waals surface area contributed by atoms with Gasteiger partial charge in [0.2, 0.25) is 0 Å². The van der Waals surface area contributed by atoms with Crippen molar-refractivity contribution < 1.29 is 18.0 Å². The zero-order valence-corrected chi connectivity index (χ0v) is 16.4. The minimum Gasteiger partial charge on any atom is -0.349 e. The summed E-state index contributed by atoms with van der Waals surface area (Å²) in [6.07, 6.45) is -1.52. The number of nitrogens with one attached hydrogen (secondary N) is 1. The van der Waals surface area contributed by atoms with Gasteiger partial charge >= 0.3 is 6.18 Å². The number of likely N-dealkylation sites (tertiary alicyclic amines) is 1. The number of alkyl halides is 3. The standard InChI is InChI=1S/C19H19ClF3N5O/c1-27-6-4-12(5-7-27)26-18(29)11-2-3-14-13(8-11)15-16(17(20)25-10-24-15)28(14)9-19(21,22)23/h2-3,8,10,12H,4-7,9H2,1H3,(H,26,29). The highest BCUT2D eigenvalue weighted by atomic mass is 35.5. The number of amides is 1. The number of piperidine rings is 1. The van der Waals surface area contributed by atoms with Crippen LogP contribution in [-0.4, -0.2) is 57.7 Å². The second kappa shape index (κ2) is 7.46. The molecule has 1 saturated heterocycles. The Bertz CT molecular complexity index is 1070. The number of carbonyl (C=O) groups is 1. The number of benzene rings is 1. The van der Waals surface area contributed by atoms with Gasteiger partial charge in [-0.3, -0.25) is 4.79 Å². The molecule has 154 valence electrons. The molecule has 10 heteroatoms. The second-order valence-electron chi connectivity index (χ2n) is 7.35. The van der Waals surface area contributed by atoms with E-state index >= 15 is 0 Å². The van der Waals surface area contributed by atoms with Crippen LogP contribution in [0.5, 0.6) is 0 Å². The molecule has 0 aliphatic carbocycles. The number of nitrogens with zero attached hydrogens (tertiary/aromatic N) is 4. The molecular formula is C19H19ClF3N5O. The largest absolute Gasteiger partial charge is 0.406 e. The van der Waals surface area contributed by atoms with E-state index in [0.29, 0.717) is 16.5 Å². The van der Waals surface area contributed by atoms with Crippen molar-refractivity contribution >= 4 is 39.4 Å². The van der Waals surface area contributed by atoms with E-state index in [1.54, 1.807) is 6.07 Å². The predicted molar refractivity (Wildman–Crippen MR) is 104 cm³/mol. The van der Waals surface area contributed by atoms with E-state index in [9.17, 15) is 18.0 Å². The van der Waals surface area contributed by atoms with Crippen molar-refractivity contribution in [2.45, 2.75) is 31.6 Å². The van der Waals surface area contributed by atoms with Crippen molar-refractivity contribution in [2.75, 3.05) is 20.1 Å². The molecule has 0 spiro atoms. The van der Waals surface area contributed by atoms with Crippen molar-refractivity contribution in [3.05, 3.63) is 35.2 Å². The topological polar surface area (TPSA) is 63.1 Å². The number of aromatic nitrogens is 3. The van der Waals surface area contributed by atoms with Gasteiger partial charge in [-0.15, -0.1) is 0 Å². The lowest BCUT2D eigenvalue weighted by atomic mass is 10.0. The molecule has 4 rings (SSSR count). The van der Waals surface area contributed by atoms with Crippen LogP contribution in [0.15, 0.2) is 24.5 Å². The third-order valence-corrected chi connectivity index (χ3v) is 5.52. The highest BCUT2D eigenvalue weighted by Gasteiger charge is 2.31. The van der Waals surface area contributed by atoms with E-state index in [4.69, 9.17) is 11.6 Å². The quantitative estimate of drug-likeness (QED) is 0.651. The molecule has 0 unspecified atom stereocenters. The predicted octanol–water partition coefficient (Wildman–Crippen LogP) is 3.62. The van der Waals surface area contributed by atoms with Gasteiger partial charge in [0.15, 0.2) is 5.15 Å². The smallest absolute Gasteiger partial charge is 0.349 e. The Morgan fingerprint density at radius 3 is 2.69 bits per heavy atom. The first-order valence-corrected chi connectivity index (χ1v) is 9.59. The summed E-state index contributed by atoms with van der Waals surface area (Å²) in [4.78, 5) is 22.8. The molecule has 1 aromatic carbocycles. The fourth-order valence-corrected chi connectivity index (χ4v) is 4.02. The molecule has 1 N–H and O–H groups in total. The van der Waals surface area contributed by atoms with Gasteiger partial charge in [-0.25, -0.2) is 9.97 Å². The average molecular weight is 426 g/mol. The van der Waals surface area contributed by atoms with E-state index in [-0.39, 0.29) is 28.1 Å². The Balaban J connectivity index is 1.73. The fourth-order valence-electron chi connectivity index (χ4n) is 3.78. The fraction of sp³-hybridized carbons (Fsp3) is 0.421. The lowest BCUT2D eigenvalue weighted by Gasteiger charge is -2.29. The molecule has 1 amide bonds. The lowest BCUT2D eigenvalue weighted by molar-refractivity contribution is -0.139. The van der Waals surface area contributed by atoms with Gasteiger partial charge in [0.25, 0.3) is 5.91 Å². The van der Waals surface area contributed by atoms with Gasteiger partial charge in [-0.1, -0.05) is 11.6 Å². The highest BCUT2D eigenvalue weighted by Crippen LogP contribution is 2.34. The molecule has 3 heterocycles. The van der Waals surface area contributed by atoms with Crippen LogP contribution in [0, 0.1) is 0 Å². The van der Waals surface area contributed by atoms with Crippen LogP contribution in [0.4, 0.5) is 13.2 Å². The van der Waals surface area contributed by atoms with E-state index < -0.39 is 12.7 Å². The number of hydrogen-bond acceptors (Lipinski definition) is 4. The SMILES string of the molecule is CN1CCC(NC(=O)c2ccc3c(c2)c2ncnc(Cl)c2n3CC(F)(F)F)CC1. The van der Waals surface area contributed by atoms with Crippen molar-refractivity contribution in [3.63, 3.8) is 0 Å². The van der Waals surface area contributed by atoms with Gasteiger partial charge < -0.3 is 14.8 Å². The molecule has 1 fully saturated rings. The molecule has 2 aromatic heterocycles. The Kier molecular flexibility index (Phi) is 5.12. The minimum atomic E-state index is -4.44. The molecule has 29 heavy (non-hydrogen) atoms. The molecule has 0 radical (unpaired) electrons. The van der Waals surface area contributed by atoms with E-state index in [0.717, 1.165) is 30.5 Å². The Morgan fingerprint density at radius 2 is 2.00 bits per heavy atom. The van der Waals surface area contributed by atoms with Gasteiger partial charge in [0, 0.05) is 17.0 Å². The van der Waals surface area contributed by atoms with Gasteiger partial charge in [0.1, 0.15) is 23.9 Å². The van der Waals surface area contributed by atoms with Crippen LogP contribution in [0.1, 0.15) is 23.2 Å². The Morgan fingerprint density at radius 1 is 1.28 bits per heavy atom. The van der Waals surface area contributed by atoms with Crippen LogP contribution in [0.3, 0.4) is 0 Å². The summed E-state index contributed by atoms with van der Waals surface area (Å²) in [6, 6.07) is 4.68. The van der Waals surface area contributed by atoms with Crippen molar-refractivity contribution in [3.8, 4) is 0 Å². The van der Waals surface area contributed by atoms with E-state index in [1.807, 2.05) is 7.05 Å². The number of hydrogen-bond donors (Lipinski definition) is 1. The summed E-state index contributed by atoms with van der Waals surface area (Å²) in [5.74, 6) is -0.252. The first kappa shape index (κ1) is 19.9. The van der Waals surface area contributed by atoms with Crippen molar-refractivity contribution in [2.24, 2.45) is 0 Å². The van der Waals surface area contributed by atoms with E-state index in [2.05, 4.69) is 20.2 Å². The summed E-state index contributed by atoms with van der Waals surface area (Å²) in [7, 11) is 2.04. The van der Waals surface area contributed by atoms with Gasteiger partial charge in [-0.2, -0.15) is 13.2 Å². The number of rotatable bonds is 3. The van der Waals surface area contributed by atoms with Crippen molar-refractivity contribution in [1.29, 1.82) is 0 Å². The highest BCUT2D eigenvalue weighted by molar-refractivity contribution is 6.34. The summed E-state index contributed by atoms with van der Waals surface area (Å²) in [5, 5.41) is 3.39. The lowest BCUT2D eigenvalue weighted by Crippen LogP contribution is -2.43. The molecule has 0 atom stereocenters. The summed E-state index contributed by atoms with van der Waals surface area (Å²) in [5.41, 5.74) is 1.07. The number of carbonyl (C=O) groups excluding carboxylic acids is 1. The summed E-state index contributed by atoms with van der Waals surface area (Å²) >= 11 is 6.08. The number of fused-ring (bicyclic) bond motifs is 3. The van der Waals surface area contributed by atoms with Crippen LogP contribution in [0.2, 0.25) is 5.15 Å². The first-order chi connectivity index (χ1) is 13.7. The van der Waals surface area contributed by atoms with Gasteiger partial charge in [0.05, 0.1) is 5.52 Å². The summed E-state index contributed by atoms with van der Waals surface area (Å²) in [6.45, 7) is 0.593. The van der Waals surface area contributed by atoms with Crippen molar-refractivity contribution in [1.82, 2.24) is 24.8 Å². The zero-order valence-electron chi connectivity index (χ0n) is 15.6. The average Bonchev–Trinajstić information content (AvgIpc) is 2.96. The maximum Gasteiger partial charge on any atom is 0.406 e. The van der Waals surface area contributed by atoms with Crippen LogP contribution >= 0.6 is 11.6 Å². The van der Waals surface area contributed by atoms with Gasteiger partial charge in [-0.05, 0) is 51.2 Å². The zero-order chi connectivity index (χ0) is 20.8. The second-order valence-corrected chi connectivity index (χ2v) is 7.70. The molecule has 0 saturated carbocycles. The molecule has 0 bridgehead atoms. The molecule has 1 aliphatic rings. The van der Waals surface area contributed by atoms with Crippen LogP contribution < -0.4 is 5.32 Å². The Labute approximate surface area is 169 Å². The maximum absolute atomic E-state index is 13.1. The molecular weight excluding hydrogens is 407 g/mol. The third kappa shape index (κ3) is 4.02. The third-order valence-electron chi connectivity index (χ3n) is 5.24. The first-order valence-electron chi connectivity index (χ1n) is 9.21. The minimum absolute atomic E-state index is 0.0622. The normalized spacial score (nSPS) is 16.6. The molecule has 3 aromatic rings. The maximum atomic E-state index is 13.1.